The van der Waals surface area contributed by atoms with Crippen LogP contribution in [-0.2, 0) is 0 Å². The molecule has 0 bridgehead atoms. The SMILES string of the molecule is COc1c2oc(=O)ccc2cc2c1oc(=O)c1nnc(C(=O)O)cc12. The van der Waals surface area contributed by atoms with Gasteiger partial charge in [-0.1, -0.05) is 0 Å². The van der Waals surface area contributed by atoms with Crippen molar-refractivity contribution in [2.24, 2.45) is 0 Å². The van der Waals surface area contributed by atoms with Gasteiger partial charge in [-0.2, -0.15) is 0 Å². The molecule has 9 heteroatoms. The summed E-state index contributed by atoms with van der Waals surface area (Å²) in [5.41, 5.74) is -1.71. The first-order valence-corrected chi connectivity index (χ1v) is 6.98. The third-order valence-corrected chi connectivity index (χ3v) is 3.72. The van der Waals surface area contributed by atoms with Crippen LogP contribution in [0.15, 0.2) is 42.7 Å². The maximum Gasteiger partial charge on any atom is 0.365 e. The van der Waals surface area contributed by atoms with Crippen LogP contribution in [0, 0.1) is 0 Å². The molecule has 0 aliphatic heterocycles. The Morgan fingerprint density at radius 1 is 1.08 bits per heavy atom. The number of hydrogen-bond donors (Lipinski definition) is 1. The third kappa shape index (κ3) is 2.13. The molecule has 0 spiro atoms. The lowest BCUT2D eigenvalue weighted by Gasteiger charge is -2.09. The van der Waals surface area contributed by atoms with Gasteiger partial charge < -0.3 is 18.7 Å². The maximum absolute atomic E-state index is 12.2. The first kappa shape index (κ1) is 14.8. The monoisotopic (exact) mass is 340 g/mol. The van der Waals surface area contributed by atoms with E-state index in [9.17, 15) is 14.4 Å². The Kier molecular flexibility index (Phi) is 3.04. The summed E-state index contributed by atoms with van der Waals surface area (Å²) >= 11 is 0. The molecule has 0 fully saturated rings. The minimum absolute atomic E-state index is 0.0196. The molecule has 0 saturated heterocycles. The number of aromatic carboxylic acids is 1. The van der Waals surface area contributed by atoms with Crippen molar-refractivity contribution in [2.75, 3.05) is 7.11 Å². The summed E-state index contributed by atoms with van der Waals surface area (Å²) < 4.78 is 15.7. The molecule has 0 aliphatic carbocycles. The summed E-state index contributed by atoms with van der Waals surface area (Å²) in [5, 5.41) is 17.4. The average Bonchev–Trinajstić information content (AvgIpc) is 2.60. The molecule has 0 radical (unpaired) electrons. The Morgan fingerprint density at radius 3 is 2.60 bits per heavy atom. The Labute approximate surface area is 137 Å². The normalized spacial score (nSPS) is 11.2. The summed E-state index contributed by atoms with van der Waals surface area (Å²) in [4.78, 5) is 34.8. The molecule has 25 heavy (non-hydrogen) atoms. The Hall–Kier alpha value is -3.75. The van der Waals surface area contributed by atoms with Crippen molar-refractivity contribution < 1.29 is 23.5 Å². The molecule has 3 heterocycles. The molecule has 0 saturated carbocycles. The van der Waals surface area contributed by atoms with Crippen LogP contribution in [0.2, 0.25) is 0 Å². The van der Waals surface area contributed by atoms with E-state index in [0.717, 1.165) is 0 Å². The molecule has 9 nitrogen and oxygen atoms in total. The number of methoxy groups -OCH3 is 1. The number of carboxylic acid groups (broad SMARTS) is 1. The minimum atomic E-state index is -1.28. The van der Waals surface area contributed by atoms with E-state index < -0.39 is 17.2 Å². The first-order chi connectivity index (χ1) is 12.0. The van der Waals surface area contributed by atoms with Crippen LogP contribution in [0.25, 0.3) is 32.8 Å². The van der Waals surface area contributed by atoms with Gasteiger partial charge in [-0.05, 0) is 18.2 Å². The molecule has 0 amide bonds. The van der Waals surface area contributed by atoms with Crippen LogP contribution in [0.5, 0.6) is 5.75 Å². The highest BCUT2D eigenvalue weighted by molar-refractivity contribution is 6.11. The Bertz CT molecular complexity index is 1300. The molecular weight excluding hydrogens is 332 g/mol. The van der Waals surface area contributed by atoms with Crippen molar-refractivity contribution in [2.45, 2.75) is 0 Å². The third-order valence-electron chi connectivity index (χ3n) is 3.72. The van der Waals surface area contributed by atoms with Gasteiger partial charge in [-0.15, -0.1) is 10.2 Å². The predicted octanol–water partition coefficient (Wildman–Crippen LogP) is 1.55. The van der Waals surface area contributed by atoms with Crippen LogP contribution in [0.4, 0.5) is 0 Å². The number of rotatable bonds is 2. The van der Waals surface area contributed by atoms with Crippen LogP contribution < -0.4 is 16.0 Å². The second-order valence-electron chi connectivity index (χ2n) is 5.15. The number of carboxylic acids is 1. The highest BCUT2D eigenvalue weighted by Crippen LogP contribution is 2.36. The van der Waals surface area contributed by atoms with E-state index in [2.05, 4.69) is 10.2 Å². The quantitative estimate of drug-likeness (QED) is 0.328. The molecule has 4 rings (SSSR count). The van der Waals surface area contributed by atoms with Crippen LogP contribution in [0.1, 0.15) is 10.5 Å². The molecule has 3 aromatic heterocycles. The van der Waals surface area contributed by atoms with Crippen molar-refractivity contribution in [1.82, 2.24) is 10.2 Å². The van der Waals surface area contributed by atoms with Gasteiger partial charge in [-0.25, -0.2) is 14.4 Å². The largest absolute Gasteiger partial charge is 0.490 e. The van der Waals surface area contributed by atoms with Crippen molar-refractivity contribution >= 4 is 38.8 Å². The number of ether oxygens (including phenoxy) is 1. The molecule has 1 N–H and O–H groups in total. The van der Waals surface area contributed by atoms with E-state index in [4.69, 9.17) is 18.7 Å². The lowest BCUT2D eigenvalue weighted by Crippen LogP contribution is -2.08. The first-order valence-electron chi connectivity index (χ1n) is 6.98. The molecule has 124 valence electrons. The summed E-state index contributed by atoms with van der Waals surface area (Å²) in [6.45, 7) is 0. The van der Waals surface area contributed by atoms with Crippen LogP contribution in [-0.4, -0.2) is 28.4 Å². The van der Waals surface area contributed by atoms with Crippen LogP contribution >= 0.6 is 0 Å². The summed E-state index contributed by atoms with van der Waals surface area (Å²) in [5.74, 6) is -1.23. The number of fused-ring (bicyclic) bond motifs is 4. The van der Waals surface area contributed by atoms with Crippen molar-refractivity contribution in [3.05, 3.63) is 50.8 Å². The smallest absolute Gasteiger partial charge is 0.365 e. The fraction of sp³-hybridized carbons (Fsp3) is 0.0625. The highest BCUT2D eigenvalue weighted by Gasteiger charge is 2.19. The zero-order chi connectivity index (χ0) is 17.7. The maximum atomic E-state index is 12.2. The van der Waals surface area contributed by atoms with Gasteiger partial charge >= 0.3 is 17.2 Å². The second-order valence-corrected chi connectivity index (χ2v) is 5.15. The van der Waals surface area contributed by atoms with E-state index in [0.29, 0.717) is 10.8 Å². The molecule has 0 atom stereocenters. The van der Waals surface area contributed by atoms with Gasteiger partial charge in [0.2, 0.25) is 5.75 Å². The molecule has 1 aromatic carbocycles. The van der Waals surface area contributed by atoms with Gasteiger partial charge in [0.1, 0.15) is 0 Å². The number of nitrogens with zero attached hydrogens (tertiary/aromatic N) is 2. The average molecular weight is 340 g/mol. The van der Waals surface area contributed by atoms with Gasteiger partial charge in [0.15, 0.2) is 22.4 Å². The van der Waals surface area contributed by atoms with Gasteiger partial charge in [-0.3, -0.25) is 0 Å². The van der Waals surface area contributed by atoms with E-state index in [1.165, 1.54) is 25.3 Å². The summed E-state index contributed by atoms with van der Waals surface area (Å²) in [6.07, 6.45) is 0. The number of aromatic nitrogens is 2. The molecule has 0 aliphatic rings. The molecular formula is C16H8N2O7. The number of carbonyl (C=O) groups is 1. The standard InChI is InChI=1S/C16H8N2O7/c1-23-14-12-6(2-3-10(19)24-12)4-8-7-5-9(15(20)21)17-18-11(7)16(22)25-13(8)14/h2-5H,1H3,(H,20,21). The van der Waals surface area contributed by atoms with E-state index in [-0.39, 0.29) is 33.5 Å². The lowest BCUT2D eigenvalue weighted by atomic mass is 10.1. The fourth-order valence-corrected chi connectivity index (χ4v) is 2.64. The van der Waals surface area contributed by atoms with E-state index in [1.54, 1.807) is 6.07 Å². The summed E-state index contributed by atoms with van der Waals surface area (Å²) in [6, 6.07) is 5.58. The topological polar surface area (TPSA) is 133 Å². The van der Waals surface area contributed by atoms with Gasteiger partial charge in [0, 0.05) is 22.2 Å². The second kappa shape index (κ2) is 5.13. The lowest BCUT2D eigenvalue weighted by molar-refractivity contribution is 0.0689. The van der Waals surface area contributed by atoms with E-state index in [1.807, 2.05) is 0 Å². The number of benzene rings is 1. The van der Waals surface area contributed by atoms with Gasteiger partial charge in [0.25, 0.3) is 0 Å². The van der Waals surface area contributed by atoms with Crippen molar-refractivity contribution in [3.63, 3.8) is 0 Å². The van der Waals surface area contributed by atoms with E-state index >= 15 is 0 Å². The fourth-order valence-electron chi connectivity index (χ4n) is 2.64. The Morgan fingerprint density at radius 2 is 1.88 bits per heavy atom. The Balaban J connectivity index is 2.30. The summed E-state index contributed by atoms with van der Waals surface area (Å²) in [7, 11) is 1.33. The van der Waals surface area contributed by atoms with Gasteiger partial charge in [0.05, 0.1) is 7.11 Å². The molecule has 4 aromatic rings. The number of hydrogen-bond acceptors (Lipinski definition) is 8. The minimum Gasteiger partial charge on any atom is -0.490 e. The van der Waals surface area contributed by atoms with Crippen molar-refractivity contribution in [3.8, 4) is 5.75 Å². The predicted molar refractivity (Wildman–Crippen MR) is 85.1 cm³/mol. The zero-order valence-electron chi connectivity index (χ0n) is 12.6. The molecule has 0 unspecified atom stereocenters. The van der Waals surface area contributed by atoms with Crippen molar-refractivity contribution in [1.29, 1.82) is 0 Å². The van der Waals surface area contributed by atoms with Crippen LogP contribution in [0.3, 0.4) is 0 Å². The highest BCUT2D eigenvalue weighted by atomic mass is 16.5. The zero-order valence-corrected chi connectivity index (χ0v) is 12.6.